The molecule has 0 aromatic heterocycles. The van der Waals surface area contributed by atoms with Crippen LogP contribution < -0.4 is 15.0 Å². The molecule has 1 aliphatic heterocycles. The van der Waals surface area contributed by atoms with Gasteiger partial charge in [-0.1, -0.05) is 18.2 Å². The number of nitrogens with one attached hydrogen (secondary N) is 1. The fraction of sp³-hybridized carbons (Fsp3) is 0.391. The number of fused-ring (bicyclic) bond motifs is 1. The highest BCUT2D eigenvalue weighted by molar-refractivity contribution is 5.94. The summed E-state index contributed by atoms with van der Waals surface area (Å²) in [6.45, 7) is 7.19. The highest BCUT2D eigenvalue weighted by Crippen LogP contribution is 2.40. The van der Waals surface area contributed by atoms with E-state index in [1.54, 1.807) is 18.9 Å². The highest BCUT2D eigenvalue weighted by Gasteiger charge is 2.33. The van der Waals surface area contributed by atoms with Crippen molar-refractivity contribution in [2.24, 2.45) is 0 Å². The molecule has 2 aromatic rings. The minimum absolute atomic E-state index is 0.0175. The normalized spacial score (nSPS) is 18.2. The average molecular weight is 396 g/mol. The Morgan fingerprint density at radius 2 is 1.86 bits per heavy atom. The van der Waals surface area contributed by atoms with Crippen molar-refractivity contribution in [1.82, 2.24) is 5.32 Å². The van der Waals surface area contributed by atoms with Crippen LogP contribution in [0, 0.1) is 0 Å². The van der Waals surface area contributed by atoms with Gasteiger partial charge in [-0.15, -0.1) is 0 Å². The van der Waals surface area contributed by atoms with E-state index in [4.69, 9.17) is 9.47 Å². The van der Waals surface area contributed by atoms with Gasteiger partial charge in [0.15, 0.2) is 0 Å². The zero-order valence-electron chi connectivity index (χ0n) is 17.6. The number of ether oxygens (including phenoxy) is 2. The number of methoxy groups -OCH3 is 1. The predicted octanol–water partition coefficient (Wildman–Crippen LogP) is 4.68. The molecule has 0 saturated heterocycles. The largest absolute Gasteiger partial charge is 0.497 e. The van der Waals surface area contributed by atoms with Gasteiger partial charge < -0.3 is 19.7 Å². The van der Waals surface area contributed by atoms with Crippen molar-refractivity contribution in [2.75, 3.05) is 12.0 Å². The smallest absolute Gasteiger partial charge is 0.407 e. The Hall–Kier alpha value is -3.02. The van der Waals surface area contributed by atoms with Gasteiger partial charge in [-0.25, -0.2) is 4.79 Å². The quantitative estimate of drug-likeness (QED) is 0.815. The van der Waals surface area contributed by atoms with Gasteiger partial charge in [-0.05, 0) is 68.1 Å². The van der Waals surface area contributed by atoms with E-state index < -0.39 is 6.09 Å². The molecular formula is C23H28N2O4. The molecule has 154 valence electrons. The minimum Gasteiger partial charge on any atom is -0.497 e. The first-order chi connectivity index (χ1) is 13.8. The Morgan fingerprint density at radius 3 is 2.52 bits per heavy atom. The van der Waals surface area contributed by atoms with Crippen LogP contribution in [0.3, 0.4) is 0 Å². The molecule has 2 amide bonds. The summed E-state index contributed by atoms with van der Waals surface area (Å²) in [5.74, 6) is 0.755. The summed E-state index contributed by atoms with van der Waals surface area (Å²) in [5.41, 5.74) is 3.71. The molecule has 1 aliphatic rings. The number of carbonyl (C=O) groups excluding carboxylic acids is 2. The third-order valence-electron chi connectivity index (χ3n) is 5.06. The van der Waals surface area contributed by atoms with E-state index in [1.165, 1.54) is 0 Å². The molecule has 2 aromatic carbocycles. The first-order valence-electron chi connectivity index (χ1n) is 9.85. The van der Waals surface area contributed by atoms with Crippen LogP contribution in [0.25, 0.3) is 11.1 Å². The summed E-state index contributed by atoms with van der Waals surface area (Å²) >= 11 is 0. The van der Waals surface area contributed by atoms with E-state index in [9.17, 15) is 9.59 Å². The number of amides is 2. The Balaban J connectivity index is 2.03. The molecule has 1 heterocycles. The van der Waals surface area contributed by atoms with Gasteiger partial charge in [0.25, 0.3) is 0 Å². The summed E-state index contributed by atoms with van der Waals surface area (Å²) < 4.78 is 10.6. The van der Waals surface area contributed by atoms with Crippen LogP contribution in [0.1, 0.15) is 45.7 Å². The van der Waals surface area contributed by atoms with Gasteiger partial charge in [0.2, 0.25) is 5.91 Å². The summed E-state index contributed by atoms with van der Waals surface area (Å²) in [6.07, 6.45) is -0.0417. The van der Waals surface area contributed by atoms with Gasteiger partial charge >= 0.3 is 6.09 Å². The van der Waals surface area contributed by atoms with E-state index in [0.717, 1.165) is 28.1 Å². The lowest BCUT2D eigenvalue weighted by Gasteiger charge is -2.39. The second-order valence-electron chi connectivity index (χ2n) is 7.63. The molecule has 0 radical (unpaired) electrons. The third kappa shape index (κ3) is 4.53. The number of benzene rings is 2. The molecule has 0 saturated carbocycles. The molecule has 6 nitrogen and oxygen atoms in total. The lowest BCUT2D eigenvalue weighted by Crippen LogP contribution is -2.45. The number of hydrogen-bond acceptors (Lipinski definition) is 4. The summed E-state index contributed by atoms with van der Waals surface area (Å²) in [6, 6.07) is 13.5. The van der Waals surface area contributed by atoms with Crippen LogP contribution in [-0.4, -0.2) is 31.3 Å². The van der Waals surface area contributed by atoms with Gasteiger partial charge in [0.05, 0.1) is 19.3 Å². The molecule has 29 heavy (non-hydrogen) atoms. The second kappa shape index (κ2) is 8.55. The van der Waals surface area contributed by atoms with Crippen LogP contribution in [0.4, 0.5) is 10.5 Å². The summed E-state index contributed by atoms with van der Waals surface area (Å²) in [5, 5.41) is 2.97. The van der Waals surface area contributed by atoms with Crippen LogP contribution in [-0.2, 0) is 9.53 Å². The van der Waals surface area contributed by atoms with Crippen LogP contribution in [0.15, 0.2) is 42.5 Å². The van der Waals surface area contributed by atoms with E-state index in [0.29, 0.717) is 6.42 Å². The maximum Gasteiger partial charge on any atom is 0.407 e. The zero-order valence-corrected chi connectivity index (χ0v) is 17.6. The number of hydrogen-bond donors (Lipinski definition) is 1. The Kier molecular flexibility index (Phi) is 6.11. The number of nitrogens with zero attached hydrogens (tertiary/aromatic N) is 1. The maximum atomic E-state index is 12.3. The topological polar surface area (TPSA) is 67.9 Å². The second-order valence-corrected chi connectivity index (χ2v) is 7.63. The van der Waals surface area contributed by atoms with Crippen molar-refractivity contribution in [3.05, 3.63) is 48.0 Å². The SMILES string of the molecule is COc1cccc(-c2ccc3c(c2)[C@H](NC(=O)OC(C)C)C[C@H](C)N3C(C)=O)c1. The van der Waals surface area contributed by atoms with Crippen molar-refractivity contribution in [3.8, 4) is 16.9 Å². The number of rotatable bonds is 4. The fourth-order valence-corrected chi connectivity index (χ4v) is 3.85. The molecule has 0 aliphatic carbocycles. The zero-order chi connectivity index (χ0) is 21.1. The molecule has 0 bridgehead atoms. The summed E-state index contributed by atoms with van der Waals surface area (Å²) in [7, 11) is 1.64. The molecule has 0 spiro atoms. The van der Waals surface area contributed by atoms with Gasteiger partial charge in [0, 0.05) is 18.7 Å². The lowest BCUT2D eigenvalue weighted by molar-refractivity contribution is -0.117. The number of carbonyl (C=O) groups is 2. The van der Waals surface area contributed by atoms with Gasteiger partial charge in [-0.2, -0.15) is 0 Å². The van der Waals surface area contributed by atoms with Crippen LogP contribution in [0.2, 0.25) is 0 Å². The van der Waals surface area contributed by atoms with E-state index >= 15 is 0 Å². The van der Waals surface area contributed by atoms with Gasteiger partial charge in [-0.3, -0.25) is 4.79 Å². The van der Waals surface area contributed by atoms with Crippen LogP contribution in [0.5, 0.6) is 5.75 Å². The predicted molar refractivity (Wildman–Crippen MR) is 113 cm³/mol. The molecule has 0 fully saturated rings. The Morgan fingerprint density at radius 1 is 1.14 bits per heavy atom. The lowest BCUT2D eigenvalue weighted by atomic mass is 9.89. The highest BCUT2D eigenvalue weighted by atomic mass is 16.6. The van der Waals surface area contributed by atoms with Crippen molar-refractivity contribution < 1.29 is 19.1 Å². The van der Waals surface area contributed by atoms with E-state index in [1.807, 2.05) is 63.2 Å². The van der Waals surface area contributed by atoms with Crippen molar-refractivity contribution in [2.45, 2.75) is 52.3 Å². The first kappa shape index (κ1) is 20.7. The molecule has 3 rings (SSSR count). The summed E-state index contributed by atoms with van der Waals surface area (Å²) in [4.78, 5) is 26.3. The molecule has 6 heteroatoms. The standard InChI is InChI=1S/C23H28N2O4/c1-14(2)29-23(27)24-21-11-15(3)25(16(4)26)22-10-9-18(13-20(21)22)17-7-6-8-19(12-17)28-5/h6-10,12-15,21H,11H2,1-5H3,(H,24,27)/t15-,21+/m0/s1. The number of anilines is 1. The minimum atomic E-state index is -0.453. The fourth-order valence-electron chi connectivity index (χ4n) is 3.85. The van der Waals surface area contributed by atoms with Gasteiger partial charge in [0.1, 0.15) is 5.75 Å². The first-order valence-corrected chi connectivity index (χ1v) is 9.85. The average Bonchev–Trinajstić information content (AvgIpc) is 2.66. The Bertz CT molecular complexity index is 910. The van der Waals surface area contributed by atoms with Crippen molar-refractivity contribution in [3.63, 3.8) is 0 Å². The third-order valence-corrected chi connectivity index (χ3v) is 5.06. The molecule has 2 atom stereocenters. The molecular weight excluding hydrogens is 368 g/mol. The number of alkyl carbamates (subject to hydrolysis) is 1. The monoisotopic (exact) mass is 396 g/mol. The molecule has 1 N–H and O–H groups in total. The maximum absolute atomic E-state index is 12.3. The van der Waals surface area contributed by atoms with Crippen molar-refractivity contribution in [1.29, 1.82) is 0 Å². The Labute approximate surface area is 171 Å². The van der Waals surface area contributed by atoms with E-state index in [-0.39, 0.29) is 24.1 Å². The molecule has 0 unspecified atom stereocenters. The van der Waals surface area contributed by atoms with E-state index in [2.05, 4.69) is 5.32 Å². The van der Waals surface area contributed by atoms with Crippen molar-refractivity contribution >= 4 is 17.7 Å². The van der Waals surface area contributed by atoms with Crippen LogP contribution >= 0.6 is 0 Å².